The molecule has 0 unspecified atom stereocenters. The molecule has 3 rings (SSSR count). The minimum atomic E-state index is -0.259. The molecule has 1 aliphatic rings. The number of halogens is 1. The molecule has 1 aromatic heterocycles. The number of ether oxygens (including phenoxy) is 1. The highest BCUT2D eigenvalue weighted by atomic mass is 19.1. The fraction of sp³-hybridized carbons (Fsp3) is 0.400. The second-order valence-corrected chi connectivity index (χ2v) is 6.45. The molecule has 1 aliphatic heterocycles. The van der Waals surface area contributed by atoms with Crippen LogP contribution in [0.4, 0.5) is 10.1 Å². The lowest BCUT2D eigenvalue weighted by atomic mass is 10.1. The van der Waals surface area contributed by atoms with E-state index < -0.39 is 0 Å². The number of carbonyl (C=O) groups is 1. The fourth-order valence-corrected chi connectivity index (χ4v) is 2.88. The molecule has 0 saturated carbocycles. The molecule has 0 bridgehead atoms. The molecule has 1 amide bonds. The summed E-state index contributed by atoms with van der Waals surface area (Å²) in [7, 11) is 0. The summed E-state index contributed by atoms with van der Waals surface area (Å²) < 4.78 is 18.2. The van der Waals surface area contributed by atoms with Crippen molar-refractivity contribution < 1.29 is 13.9 Å². The predicted octanol–water partition coefficient (Wildman–Crippen LogP) is 1.94. The lowest BCUT2D eigenvalue weighted by Gasteiger charge is -2.26. The maximum Gasteiger partial charge on any atom is 0.269 e. The van der Waals surface area contributed by atoms with Gasteiger partial charge in [0.05, 0.1) is 25.1 Å². The predicted molar refractivity (Wildman–Crippen MR) is 102 cm³/mol. The first kappa shape index (κ1) is 19.3. The van der Waals surface area contributed by atoms with Crippen molar-refractivity contribution in [3.05, 3.63) is 59.7 Å². The van der Waals surface area contributed by atoms with Gasteiger partial charge in [0.15, 0.2) is 0 Å². The lowest BCUT2D eigenvalue weighted by Crippen LogP contribution is -2.39. The number of amides is 1. The highest BCUT2D eigenvalue weighted by molar-refractivity contribution is 5.92. The van der Waals surface area contributed by atoms with Crippen molar-refractivity contribution in [3.63, 3.8) is 0 Å². The molecule has 1 aromatic carbocycles. The summed E-state index contributed by atoms with van der Waals surface area (Å²) in [5.41, 5.74) is 2.25. The molecule has 2 heterocycles. The summed E-state index contributed by atoms with van der Waals surface area (Å²) in [5, 5.41) is 6.15. The van der Waals surface area contributed by atoms with E-state index in [4.69, 9.17) is 4.74 Å². The number of hydrogen-bond acceptors (Lipinski definition) is 5. The average Bonchev–Trinajstić information content (AvgIpc) is 2.71. The van der Waals surface area contributed by atoms with Gasteiger partial charge >= 0.3 is 0 Å². The van der Waals surface area contributed by atoms with Crippen molar-refractivity contribution >= 4 is 11.6 Å². The highest BCUT2D eigenvalue weighted by Crippen LogP contribution is 2.07. The number of nitrogens with zero attached hydrogens (tertiary/aromatic N) is 2. The third kappa shape index (κ3) is 6.30. The largest absolute Gasteiger partial charge is 0.383 e. The zero-order chi connectivity index (χ0) is 18.9. The maximum atomic E-state index is 12.9. The lowest BCUT2D eigenvalue weighted by molar-refractivity contribution is 0.0398. The van der Waals surface area contributed by atoms with E-state index in [1.807, 2.05) is 6.07 Å². The number of nitrogens with one attached hydrogen (secondary N) is 2. The van der Waals surface area contributed by atoms with Crippen LogP contribution in [0.5, 0.6) is 0 Å². The molecule has 0 radical (unpaired) electrons. The minimum Gasteiger partial charge on any atom is -0.383 e. The van der Waals surface area contributed by atoms with E-state index in [9.17, 15) is 9.18 Å². The molecule has 1 saturated heterocycles. The van der Waals surface area contributed by atoms with Gasteiger partial charge in [0.25, 0.3) is 5.91 Å². The van der Waals surface area contributed by atoms with Crippen LogP contribution in [0.2, 0.25) is 0 Å². The Bertz CT molecular complexity index is 716. The number of hydrogen-bond donors (Lipinski definition) is 2. The summed E-state index contributed by atoms with van der Waals surface area (Å²) >= 11 is 0. The van der Waals surface area contributed by atoms with Crippen LogP contribution < -0.4 is 10.6 Å². The van der Waals surface area contributed by atoms with Crippen LogP contribution in [0.25, 0.3) is 0 Å². The number of carbonyl (C=O) groups excluding carboxylic acids is 1. The highest BCUT2D eigenvalue weighted by Gasteiger charge is 2.10. The Morgan fingerprint density at radius 1 is 1.11 bits per heavy atom. The third-order valence-corrected chi connectivity index (χ3v) is 4.47. The van der Waals surface area contributed by atoms with E-state index >= 15 is 0 Å². The van der Waals surface area contributed by atoms with Crippen LogP contribution in [0.15, 0.2) is 42.6 Å². The fourth-order valence-electron chi connectivity index (χ4n) is 2.88. The van der Waals surface area contributed by atoms with Gasteiger partial charge < -0.3 is 15.4 Å². The van der Waals surface area contributed by atoms with Crippen LogP contribution in [-0.2, 0) is 11.2 Å². The van der Waals surface area contributed by atoms with Gasteiger partial charge in [-0.1, -0.05) is 12.1 Å². The molecular weight excluding hydrogens is 347 g/mol. The molecule has 7 heteroatoms. The van der Waals surface area contributed by atoms with Crippen molar-refractivity contribution in [2.45, 2.75) is 6.42 Å². The molecule has 2 N–H and O–H groups in total. The zero-order valence-corrected chi connectivity index (χ0v) is 15.3. The number of anilines is 1. The quantitative estimate of drug-likeness (QED) is 0.741. The van der Waals surface area contributed by atoms with Crippen molar-refractivity contribution in [1.82, 2.24) is 15.2 Å². The Kier molecular flexibility index (Phi) is 7.12. The standard InChI is InChI=1S/C20H25FN4O2/c21-17-3-1-16(2-4-17)7-8-23-20(26)19-6-5-18(15-24-19)22-9-10-25-11-13-27-14-12-25/h1-6,15,22H,7-14H2,(H,23,26). The van der Waals surface area contributed by atoms with Gasteiger partial charge in [0.2, 0.25) is 0 Å². The second-order valence-electron chi connectivity index (χ2n) is 6.45. The average molecular weight is 372 g/mol. The van der Waals surface area contributed by atoms with Crippen molar-refractivity contribution in [2.75, 3.05) is 51.3 Å². The van der Waals surface area contributed by atoms with Gasteiger partial charge in [-0.05, 0) is 36.2 Å². The number of morpholine rings is 1. The Balaban J connectivity index is 1.38. The van der Waals surface area contributed by atoms with Gasteiger partial charge in [-0.3, -0.25) is 9.69 Å². The molecule has 1 fully saturated rings. The smallest absolute Gasteiger partial charge is 0.269 e. The summed E-state index contributed by atoms with van der Waals surface area (Å²) in [5.74, 6) is -0.470. The molecule has 144 valence electrons. The van der Waals surface area contributed by atoms with Crippen molar-refractivity contribution in [1.29, 1.82) is 0 Å². The zero-order valence-electron chi connectivity index (χ0n) is 15.3. The number of pyridine rings is 1. The van der Waals surface area contributed by atoms with E-state index in [0.29, 0.717) is 18.7 Å². The van der Waals surface area contributed by atoms with Gasteiger partial charge in [-0.25, -0.2) is 9.37 Å². The van der Waals surface area contributed by atoms with E-state index in [2.05, 4.69) is 20.5 Å². The Morgan fingerprint density at radius 3 is 2.59 bits per heavy atom. The number of rotatable bonds is 8. The van der Waals surface area contributed by atoms with Gasteiger partial charge in [-0.2, -0.15) is 0 Å². The van der Waals surface area contributed by atoms with Crippen LogP contribution >= 0.6 is 0 Å². The van der Waals surface area contributed by atoms with Gasteiger partial charge in [0, 0.05) is 32.7 Å². The van der Waals surface area contributed by atoms with Crippen molar-refractivity contribution in [2.24, 2.45) is 0 Å². The first-order valence-corrected chi connectivity index (χ1v) is 9.23. The van der Waals surface area contributed by atoms with E-state index in [1.54, 1.807) is 24.4 Å². The summed E-state index contributed by atoms with van der Waals surface area (Å²) in [4.78, 5) is 18.7. The number of aromatic nitrogens is 1. The molecule has 0 atom stereocenters. The Hall–Kier alpha value is -2.51. The minimum absolute atomic E-state index is 0.211. The summed E-state index contributed by atoms with van der Waals surface area (Å²) in [6, 6.07) is 9.85. The van der Waals surface area contributed by atoms with Gasteiger partial charge in [-0.15, -0.1) is 0 Å². The topological polar surface area (TPSA) is 66.5 Å². The Labute approximate surface area is 158 Å². The van der Waals surface area contributed by atoms with E-state index in [0.717, 1.165) is 50.6 Å². The van der Waals surface area contributed by atoms with Crippen LogP contribution in [0.1, 0.15) is 16.1 Å². The third-order valence-electron chi connectivity index (χ3n) is 4.47. The molecule has 2 aromatic rings. The summed E-state index contributed by atoms with van der Waals surface area (Å²) in [6.45, 7) is 5.79. The molecule has 0 aliphatic carbocycles. The normalized spacial score (nSPS) is 14.7. The molecule has 27 heavy (non-hydrogen) atoms. The number of benzene rings is 1. The first-order valence-electron chi connectivity index (χ1n) is 9.23. The molecule has 0 spiro atoms. The maximum absolute atomic E-state index is 12.9. The Morgan fingerprint density at radius 2 is 1.89 bits per heavy atom. The molecular formula is C20H25FN4O2. The first-order chi connectivity index (χ1) is 13.2. The summed E-state index contributed by atoms with van der Waals surface area (Å²) in [6.07, 6.45) is 2.32. The molecule has 6 nitrogen and oxygen atoms in total. The van der Waals surface area contributed by atoms with Crippen LogP contribution in [-0.4, -0.2) is 61.7 Å². The van der Waals surface area contributed by atoms with Crippen LogP contribution in [0.3, 0.4) is 0 Å². The SMILES string of the molecule is O=C(NCCc1ccc(F)cc1)c1ccc(NCCN2CCOCC2)cn1. The van der Waals surface area contributed by atoms with Crippen LogP contribution in [0, 0.1) is 5.82 Å². The second kappa shape index (κ2) is 9.99. The van der Waals surface area contributed by atoms with E-state index in [-0.39, 0.29) is 11.7 Å². The van der Waals surface area contributed by atoms with Gasteiger partial charge in [0.1, 0.15) is 11.5 Å². The monoisotopic (exact) mass is 372 g/mol. The van der Waals surface area contributed by atoms with Crippen molar-refractivity contribution in [3.8, 4) is 0 Å². The van der Waals surface area contributed by atoms with E-state index in [1.165, 1.54) is 12.1 Å².